The molecule has 22 heavy (non-hydrogen) atoms. The number of aromatic nitrogens is 2. The van der Waals surface area contributed by atoms with Gasteiger partial charge in [-0.2, -0.15) is 5.10 Å². The second-order valence-electron chi connectivity index (χ2n) is 5.48. The zero-order valence-corrected chi connectivity index (χ0v) is 13.1. The van der Waals surface area contributed by atoms with Crippen LogP contribution in [0.25, 0.3) is 5.69 Å². The van der Waals surface area contributed by atoms with E-state index in [4.69, 9.17) is 21.4 Å². The fourth-order valence-corrected chi connectivity index (χ4v) is 2.93. The molecule has 0 saturated carbocycles. The molecule has 0 unspecified atom stereocenters. The van der Waals surface area contributed by atoms with Crippen LogP contribution in [0.3, 0.4) is 0 Å². The molecular formula is C16H20ClN3O2. The Morgan fingerprint density at radius 2 is 2.23 bits per heavy atom. The molecule has 2 heterocycles. The molecule has 1 aromatic heterocycles. The Labute approximate surface area is 135 Å². The molecule has 1 saturated heterocycles. The summed E-state index contributed by atoms with van der Waals surface area (Å²) in [5, 5.41) is 14.1. The lowest BCUT2D eigenvalue weighted by atomic mass is 10.2. The van der Waals surface area contributed by atoms with E-state index in [0.29, 0.717) is 18.1 Å². The molecule has 118 valence electrons. The van der Waals surface area contributed by atoms with Crippen molar-refractivity contribution >= 4 is 11.6 Å². The molecule has 5 nitrogen and oxygen atoms in total. The summed E-state index contributed by atoms with van der Waals surface area (Å²) in [4.78, 5) is 2.33. The van der Waals surface area contributed by atoms with Crippen molar-refractivity contribution in [2.75, 3.05) is 26.3 Å². The lowest BCUT2D eigenvalue weighted by molar-refractivity contribution is -0.0407. The molecule has 3 rings (SSSR count). The third-order valence-corrected chi connectivity index (χ3v) is 4.14. The second kappa shape index (κ2) is 7.24. The van der Waals surface area contributed by atoms with Crippen molar-refractivity contribution in [1.82, 2.24) is 14.7 Å². The van der Waals surface area contributed by atoms with E-state index in [1.807, 2.05) is 41.3 Å². The van der Waals surface area contributed by atoms with Gasteiger partial charge < -0.3 is 9.84 Å². The third-order valence-electron chi connectivity index (χ3n) is 3.82. The van der Waals surface area contributed by atoms with Crippen LogP contribution in [-0.4, -0.2) is 52.2 Å². The minimum Gasteiger partial charge on any atom is -0.396 e. The van der Waals surface area contributed by atoms with Crippen molar-refractivity contribution in [1.29, 1.82) is 0 Å². The van der Waals surface area contributed by atoms with Gasteiger partial charge in [0.2, 0.25) is 0 Å². The summed E-state index contributed by atoms with van der Waals surface area (Å²) in [5.41, 5.74) is 2.03. The van der Waals surface area contributed by atoms with Crippen LogP contribution in [0.5, 0.6) is 0 Å². The van der Waals surface area contributed by atoms with E-state index in [9.17, 15) is 0 Å². The molecule has 1 fully saturated rings. The molecule has 1 aliphatic heterocycles. The van der Waals surface area contributed by atoms with Gasteiger partial charge in [-0.25, -0.2) is 4.68 Å². The fraction of sp³-hybridized carbons (Fsp3) is 0.438. The number of hydrogen-bond donors (Lipinski definition) is 1. The van der Waals surface area contributed by atoms with E-state index < -0.39 is 0 Å². The van der Waals surface area contributed by atoms with E-state index >= 15 is 0 Å². The van der Waals surface area contributed by atoms with Gasteiger partial charge in [-0.1, -0.05) is 23.7 Å². The molecule has 0 bridgehead atoms. The summed E-state index contributed by atoms with van der Waals surface area (Å²) in [7, 11) is 0. The minimum atomic E-state index is 0.123. The van der Waals surface area contributed by atoms with E-state index in [1.54, 1.807) is 0 Å². The molecule has 1 aromatic carbocycles. The van der Waals surface area contributed by atoms with Crippen molar-refractivity contribution in [3.8, 4) is 5.69 Å². The largest absolute Gasteiger partial charge is 0.396 e. The van der Waals surface area contributed by atoms with E-state index in [2.05, 4.69) is 10.00 Å². The molecule has 1 N–H and O–H groups in total. The number of rotatable bonds is 5. The normalized spacial score (nSPS) is 19.5. The van der Waals surface area contributed by atoms with Crippen molar-refractivity contribution in [3.63, 3.8) is 0 Å². The van der Waals surface area contributed by atoms with Crippen molar-refractivity contribution in [2.24, 2.45) is 0 Å². The molecule has 1 atom stereocenters. The highest BCUT2D eigenvalue weighted by molar-refractivity contribution is 6.32. The number of hydrogen-bond acceptors (Lipinski definition) is 4. The molecule has 6 heteroatoms. The Bertz CT molecular complexity index is 615. The van der Waals surface area contributed by atoms with Gasteiger partial charge >= 0.3 is 0 Å². The predicted molar refractivity (Wildman–Crippen MR) is 85.3 cm³/mol. The van der Waals surface area contributed by atoms with Crippen LogP contribution < -0.4 is 0 Å². The number of nitrogens with zero attached hydrogens (tertiary/aromatic N) is 3. The smallest absolute Gasteiger partial charge is 0.0831 e. The maximum absolute atomic E-state index is 9.03. The number of halogens is 1. The molecule has 0 radical (unpaired) electrons. The van der Waals surface area contributed by atoms with Gasteiger partial charge in [0.1, 0.15) is 0 Å². The Morgan fingerprint density at radius 1 is 1.36 bits per heavy atom. The highest BCUT2D eigenvalue weighted by Crippen LogP contribution is 2.20. The number of para-hydroxylation sites is 1. The standard InChI is InChI=1S/C16H20ClN3O2/c17-15-3-1-2-4-16(15)20-11-13(9-18-20)10-19-6-8-22-14(12-19)5-7-21/h1-4,9,11,14,21H,5-8,10,12H2/t14-/m1/s1. The molecule has 1 aliphatic rings. The number of ether oxygens (including phenoxy) is 1. The van der Waals surface area contributed by atoms with Gasteiger partial charge in [0.05, 0.1) is 29.6 Å². The Kier molecular flexibility index (Phi) is 5.10. The predicted octanol–water partition coefficient (Wildman–Crippen LogP) is 2.11. The van der Waals surface area contributed by atoms with Gasteiger partial charge in [-0.05, 0) is 18.6 Å². The van der Waals surface area contributed by atoms with Crippen molar-refractivity contribution in [3.05, 3.63) is 47.2 Å². The first kappa shape index (κ1) is 15.5. The van der Waals surface area contributed by atoms with Crippen LogP contribution >= 0.6 is 11.6 Å². The van der Waals surface area contributed by atoms with E-state index in [1.165, 1.54) is 0 Å². The second-order valence-corrected chi connectivity index (χ2v) is 5.89. The van der Waals surface area contributed by atoms with Gasteiger partial charge in [0.15, 0.2) is 0 Å². The Morgan fingerprint density at radius 3 is 3.05 bits per heavy atom. The van der Waals surface area contributed by atoms with Crippen molar-refractivity contribution < 1.29 is 9.84 Å². The zero-order chi connectivity index (χ0) is 15.4. The third kappa shape index (κ3) is 3.67. The number of benzene rings is 1. The topological polar surface area (TPSA) is 50.5 Å². The fourth-order valence-electron chi connectivity index (χ4n) is 2.71. The average molecular weight is 322 g/mol. The van der Waals surface area contributed by atoms with E-state index in [0.717, 1.165) is 30.9 Å². The summed E-state index contributed by atoms with van der Waals surface area (Å²) in [6, 6.07) is 7.67. The number of aliphatic hydroxyl groups excluding tert-OH is 1. The van der Waals surface area contributed by atoms with Crippen LogP contribution in [0.15, 0.2) is 36.7 Å². The van der Waals surface area contributed by atoms with Crippen LogP contribution in [0, 0.1) is 0 Å². The summed E-state index contributed by atoms with van der Waals surface area (Å²) >= 11 is 6.20. The van der Waals surface area contributed by atoms with Crippen LogP contribution in [0.4, 0.5) is 0 Å². The molecule has 0 aliphatic carbocycles. The molecule has 0 amide bonds. The monoisotopic (exact) mass is 321 g/mol. The van der Waals surface area contributed by atoms with Crippen LogP contribution in [0.2, 0.25) is 5.02 Å². The number of aliphatic hydroxyl groups is 1. The first-order valence-corrected chi connectivity index (χ1v) is 7.87. The van der Waals surface area contributed by atoms with Gasteiger partial charge in [-0.3, -0.25) is 4.90 Å². The Balaban J connectivity index is 1.66. The maximum Gasteiger partial charge on any atom is 0.0831 e. The quantitative estimate of drug-likeness (QED) is 0.916. The first-order chi connectivity index (χ1) is 10.8. The maximum atomic E-state index is 9.03. The van der Waals surface area contributed by atoms with Gasteiger partial charge in [-0.15, -0.1) is 0 Å². The summed E-state index contributed by atoms with van der Waals surface area (Å²) in [5.74, 6) is 0. The van der Waals surface area contributed by atoms with Gasteiger partial charge in [0.25, 0.3) is 0 Å². The molecule has 0 spiro atoms. The van der Waals surface area contributed by atoms with Crippen LogP contribution in [0.1, 0.15) is 12.0 Å². The SMILES string of the molecule is OCC[C@@H]1CN(Cc2cnn(-c3ccccc3Cl)c2)CCO1. The summed E-state index contributed by atoms with van der Waals surface area (Å²) in [6.07, 6.45) is 4.70. The number of morpholine rings is 1. The van der Waals surface area contributed by atoms with Crippen molar-refractivity contribution in [2.45, 2.75) is 19.1 Å². The van der Waals surface area contributed by atoms with Gasteiger partial charge in [0, 0.05) is 38.0 Å². The average Bonchev–Trinajstić information content (AvgIpc) is 2.97. The molecule has 2 aromatic rings. The van der Waals surface area contributed by atoms with E-state index in [-0.39, 0.29) is 12.7 Å². The lowest BCUT2D eigenvalue weighted by Crippen LogP contribution is -2.42. The van der Waals surface area contributed by atoms with Crippen LogP contribution in [-0.2, 0) is 11.3 Å². The summed E-state index contributed by atoms with van der Waals surface area (Å²) < 4.78 is 7.45. The Hall–Kier alpha value is -1.40. The molecular weight excluding hydrogens is 302 g/mol. The summed E-state index contributed by atoms with van der Waals surface area (Å²) in [6.45, 7) is 3.46. The zero-order valence-electron chi connectivity index (χ0n) is 12.4. The lowest BCUT2D eigenvalue weighted by Gasteiger charge is -2.32. The highest BCUT2D eigenvalue weighted by Gasteiger charge is 2.20. The first-order valence-electron chi connectivity index (χ1n) is 7.49. The highest BCUT2D eigenvalue weighted by atomic mass is 35.5. The minimum absolute atomic E-state index is 0.123.